The molecule has 1 aromatic carbocycles. The van der Waals surface area contributed by atoms with Crippen LogP contribution in [0.3, 0.4) is 0 Å². The van der Waals surface area contributed by atoms with Gasteiger partial charge in [-0.1, -0.05) is 0 Å². The molecule has 0 amide bonds. The lowest BCUT2D eigenvalue weighted by atomic mass is 10.2. The van der Waals surface area contributed by atoms with Gasteiger partial charge in [0.05, 0.1) is 13.7 Å². The van der Waals surface area contributed by atoms with Crippen molar-refractivity contribution in [1.29, 1.82) is 5.41 Å². The van der Waals surface area contributed by atoms with Crippen LogP contribution in [0.2, 0.25) is 0 Å². The lowest BCUT2D eigenvalue weighted by Crippen LogP contribution is -2.11. The second-order valence-electron chi connectivity index (χ2n) is 4.36. The third-order valence-electron chi connectivity index (χ3n) is 2.82. The molecule has 5 heteroatoms. The van der Waals surface area contributed by atoms with E-state index < -0.39 is 0 Å². The molecule has 0 bridgehead atoms. The highest BCUT2D eigenvalue weighted by Crippen LogP contribution is 2.30. The van der Waals surface area contributed by atoms with E-state index in [0.29, 0.717) is 17.1 Å². The molecule has 0 radical (unpaired) electrons. The smallest absolute Gasteiger partial charge is 0.189 e. The van der Waals surface area contributed by atoms with Gasteiger partial charge in [0, 0.05) is 5.56 Å². The second-order valence-corrected chi connectivity index (χ2v) is 4.36. The zero-order valence-corrected chi connectivity index (χ0v) is 10.4. The van der Waals surface area contributed by atoms with Crippen LogP contribution in [-0.2, 0) is 4.74 Å². The molecule has 0 atom stereocenters. The monoisotopic (exact) mass is 250 g/mol. The molecule has 1 aliphatic rings. The number of benzene rings is 1. The molecule has 1 fully saturated rings. The molecule has 1 saturated carbocycles. The summed E-state index contributed by atoms with van der Waals surface area (Å²) in [6, 6.07) is 5.13. The van der Waals surface area contributed by atoms with E-state index in [1.165, 1.54) is 12.8 Å². The predicted octanol–water partition coefficient (Wildman–Crippen LogP) is 1.74. The summed E-state index contributed by atoms with van der Waals surface area (Å²) in [6.45, 7) is 0.972. The van der Waals surface area contributed by atoms with Gasteiger partial charge in [0.25, 0.3) is 0 Å². The van der Waals surface area contributed by atoms with Crippen molar-refractivity contribution in [2.75, 3.05) is 20.5 Å². The van der Waals surface area contributed by atoms with Crippen molar-refractivity contribution in [1.82, 2.24) is 0 Å². The van der Waals surface area contributed by atoms with Gasteiger partial charge < -0.3 is 19.9 Å². The number of hydrogen-bond donors (Lipinski definition) is 2. The van der Waals surface area contributed by atoms with Crippen LogP contribution < -0.4 is 15.2 Å². The summed E-state index contributed by atoms with van der Waals surface area (Å²) in [5, 5.41) is 7.36. The molecule has 5 nitrogen and oxygen atoms in total. The summed E-state index contributed by atoms with van der Waals surface area (Å²) in [4.78, 5) is 0. The molecule has 3 N–H and O–H groups in total. The maximum absolute atomic E-state index is 7.36. The highest BCUT2D eigenvalue weighted by molar-refractivity contribution is 5.95. The SMILES string of the molecule is COc1cc(C(=N)N)ccc1OCOCC1CC1. The van der Waals surface area contributed by atoms with Gasteiger partial charge >= 0.3 is 0 Å². The molecule has 1 aliphatic carbocycles. The number of hydrogen-bond acceptors (Lipinski definition) is 4. The average molecular weight is 250 g/mol. The molecular weight excluding hydrogens is 232 g/mol. The molecule has 0 heterocycles. The van der Waals surface area contributed by atoms with E-state index in [-0.39, 0.29) is 12.6 Å². The van der Waals surface area contributed by atoms with Crippen molar-refractivity contribution in [3.05, 3.63) is 23.8 Å². The summed E-state index contributed by atoms with van der Waals surface area (Å²) in [5.74, 6) is 1.87. The standard InChI is InChI=1S/C13H18N2O3/c1-16-12-6-10(13(14)15)4-5-11(12)18-8-17-7-9-2-3-9/h4-6,9H,2-3,7-8H2,1H3,(H3,14,15). The Morgan fingerprint density at radius 1 is 1.39 bits per heavy atom. The maximum Gasteiger partial charge on any atom is 0.189 e. The van der Waals surface area contributed by atoms with Crippen LogP contribution in [0.4, 0.5) is 0 Å². The lowest BCUT2D eigenvalue weighted by Gasteiger charge is -2.11. The van der Waals surface area contributed by atoms with Gasteiger partial charge in [0.2, 0.25) is 0 Å². The van der Waals surface area contributed by atoms with Crippen molar-refractivity contribution in [2.24, 2.45) is 11.7 Å². The highest BCUT2D eigenvalue weighted by Gasteiger charge is 2.21. The number of nitrogen functional groups attached to an aromatic ring is 1. The first-order valence-electron chi connectivity index (χ1n) is 5.93. The topological polar surface area (TPSA) is 77.6 Å². The van der Waals surface area contributed by atoms with Crippen molar-refractivity contribution in [3.63, 3.8) is 0 Å². The zero-order valence-electron chi connectivity index (χ0n) is 10.4. The molecule has 1 aromatic rings. The summed E-state index contributed by atoms with van der Waals surface area (Å²) in [7, 11) is 1.55. The van der Waals surface area contributed by atoms with E-state index in [2.05, 4.69) is 0 Å². The van der Waals surface area contributed by atoms with Gasteiger partial charge in [-0.15, -0.1) is 0 Å². The molecule has 0 saturated heterocycles. The second kappa shape index (κ2) is 5.73. The fraction of sp³-hybridized carbons (Fsp3) is 0.462. The molecule has 0 aliphatic heterocycles. The zero-order chi connectivity index (χ0) is 13.0. The Labute approximate surface area is 106 Å². The first-order chi connectivity index (χ1) is 8.70. The molecule has 98 valence electrons. The minimum atomic E-state index is 0.00448. The van der Waals surface area contributed by atoms with E-state index in [1.54, 1.807) is 25.3 Å². The Hall–Kier alpha value is -1.75. The van der Waals surface area contributed by atoms with Crippen molar-refractivity contribution in [3.8, 4) is 11.5 Å². The Morgan fingerprint density at radius 3 is 2.78 bits per heavy atom. The van der Waals surface area contributed by atoms with Crippen LogP contribution in [0, 0.1) is 11.3 Å². The van der Waals surface area contributed by atoms with Gasteiger partial charge in [-0.2, -0.15) is 0 Å². The minimum absolute atomic E-state index is 0.00448. The van der Waals surface area contributed by atoms with Gasteiger partial charge in [-0.3, -0.25) is 5.41 Å². The molecular formula is C13H18N2O3. The first kappa shape index (κ1) is 12.7. The van der Waals surface area contributed by atoms with E-state index >= 15 is 0 Å². The van der Waals surface area contributed by atoms with Crippen molar-refractivity contribution in [2.45, 2.75) is 12.8 Å². The van der Waals surface area contributed by atoms with Crippen molar-refractivity contribution >= 4 is 5.84 Å². The van der Waals surface area contributed by atoms with Gasteiger partial charge in [0.1, 0.15) is 5.84 Å². The molecule has 0 unspecified atom stereocenters. The van der Waals surface area contributed by atoms with Crippen LogP contribution >= 0.6 is 0 Å². The van der Waals surface area contributed by atoms with Gasteiger partial charge in [-0.05, 0) is 37.0 Å². The van der Waals surface area contributed by atoms with E-state index in [0.717, 1.165) is 12.5 Å². The lowest BCUT2D eigenvalue weighted by molar-refractivity contribution is 0.00866. The highest BCUT2D eigenvalue weighted by atomic mass is 16.7. The largest absolute Gasteiger partial charge is 0.493 e. The van der Waals surface area contributed by atoms with Crippen LogP contribution in [-0.4, -0.2) is 26.3 Å². The minimum Gasteiger partial charge on any atom is -0.493 e. The average Bonchev–Trinajstić information content (AvgIpc) is 3.18. The number of ether oxygens (including phenoxy) is 3. The van der Waals surface area contributed by atoms with Gasteiger partial charge in [0.15, 0.2) is 18.3 Å². The predicted molar refractivity (Wildman–Crippen MR) is 68.2 cm³/mol. The van der Waals surface area contributed by atoms with E-state index in [4.69, 9.17) is 25.4 Å². The number of methoxy groups -OCH3 is 1. The van der Waals surface area contributed by atoms with Gasteiger partial charge in [-0.25, -0.2) is 0 Å². The van der Waals surface area contributed by atoms with Crippen molar-refractivity contribution < 1.29 is 14.2 Å². The summed E-state index contributed by atoms with van der Waals surface area (Å²) in [6.07, 6.45) is 2.52. The molecule has 18 heavy (non-hydrogen) atoms. The summed E-state index contributed by atoms with van der Waals surface area (Å²) < 4.78 is 16.1. The van der Waals surface area contributed by atoms with E-state index in [9.17, 15) is 0 Å². The fourth-order valence-corrected chi connectivity index (χ4v) is 1.56. The number of amidine groups is 1. The Balaban J connectivity index is 1.91. The number of rotatable bonds is 7. The Morgan fingerprint density at radius 2 is 2.17 bits per heavy atom. The molecule has 0 aromatic heterocycles. The Kier molecular flexibility index (Phi) is 4.04. The third-order valence-corrected chi connectivity index (χ3v) is 2.82. The maximum atomic E-state index is 7.36. The van der Waals surface area contributed by atoms with Crippen LogP contribution in [0.15, 0.2) is 18.2 Å². The number of nitrogens with two attached hydrogens (primary N) is 1. The summed E-state index contributed by atoms with van der Waals surface area (Å²) >= 11 is 0. The quantitative estimate of drug-likeness (QED) is 0.334. The van der Waals surface area contributed by atoms with Crippen LogP contribution in [0.5, 0.6) is 11.5 Å². The first-order valence-corrected chi connectivity index (χ1v) is 5.93. The Bertz CT molecular complexity index is 430. The molecule has 0 spiro atoms. The van der Waals surface area contributed by atoms with Crippen LogP contribution in [0.25, 0.3) is 0 Å². The summed E-state index contributed by atoms with van der Waals surface area (Å²) in [5.41, 5.74) is 6.02. The molecule has 2 rings (SSSR count). The van der Waals surface area contributed by atoms with E-state index in [1.807, 2.05) is 0 Å². The third kappa shape index (κ3) is 3.37. The number of nitrogens with one attached hydrogen (secondary N) is 1. The normalized spacial score (nSPS) is 14.3. The van der Waals surface area contributed by atoms with Crippen LogP contribution in [0.1, 0.15) is 18.4 Å². The fourth-order valence-electron chi connectivity index (χ4n) is 1.56.